The van der Waals surface area contributed by atoms with Gasteiger partial charge < -0.3 is 25.3 Å². The van der Waals surface area contributed by atoms with Crippen molar-refractivity contribution in [2.24, 2.45) is 11.7 Å². The lowest BCUT2D eigenvalue weighted by atomic mass is 10.0. The highest BCUT2D eigenvalue weighted by molar-refractivity contribution is 5.97. The molecule has 0 spiro atoms. The van der Waals surface area contributed by atoms with Gasteiger partial charge in [0.1, 0.15) is 6.04 Å². The number of nitrogens with one attached hydrogen (secondary N) is 1. The largest absolute Gasteiger partial charge is 0.481 e. The number of rotatable bonds is 9. The molecule has 3 N–H and O–H groups in total. The number of hydrogen-bond acceptors (Lipinski definition) is 8. The molecular formula is C18H23N5O5. The number of nitrogens with zero attached hydrogens (tertiary/aromatic N) is 3. The summed E-state index contributed by atoms with van der Waals surface area (Å²) in [5.41, 5.74) is 5.34. The van der Waals surface area contributed by atoms with Gasteiger partial charge in [-0.3, -0.25) is 9.59 Å². The fraction of sp³-hybridized carbons (Fsp3) is 0.389. The molecule has 10 nitrogen and oxygen atoms in total. The standard InChI is InChI=1S/C18H23N5O5/c1-10(2)8-11(16(19)24)21-17(25)15-12(6-5-7-20-15)28-18-22-13(26-3)9-14(23-18)27-4/h5-7,9-11H,8H2,1-4H3,(H2,19,24)(H,21,25). The van der Waals surface area contributed by atoms with Gasteiger partial charge in [0, 0.05) is 6.20 Å². The Morgan fingerprint density at radius 2 is 1.82 bits per heavy atom. The summed E-state index contributed by atoms with van der Waals surface area (Å²) < 4.78 is 15.8. The maximum atomic E-state index is 12.6. The van der Waals surface area contributed by atoms with Crippen LogP contribution < -0.4 is 25.3 Å². The third-order valence-electron chi connectivity index (χ3n) is 3.62. The summed E-state index contributed by atoms with van der Waals surface area (Å²) in [7, 11) is 2.88. The van der Waals surface area contributed by atoms with Crippen molar-refractivity contribution in [1.29, 1.82) is 0 Å². The number of primary amides is 1. The molecule has 2 aromatic rings. The van der Waals surface area contributed by atoms with Gasteiger partial charge in [-0.05, 0) is 24.5 Å². The molecule has 0 aliphatic carbocycles. The fourth-order valence-corrected chi connectivity index (χ4v) is 2.32. The highest BCUT2D eigenvalue weighted by atomic mass is 16.5. The lowest BCUT2D eigenvalue weighted by molar-refractivity contribution is -0.120. The van der Waals surface area contributed by atoms with Crippen LogP contribution in [-0.4, -0.2) is 47.0 Å². The number of methoxy groups -OCH3 is 2. The summed E-state index contributed by atoms with van der Waals surface area (Å²) in [5.74, 6) is -0.515. The number of nitrogens with two attached hydrogens (primary N) is 1. The second-order valence-corrected chi connectivity index (χ2v) is 6.25. The molecule has 0 aliphatic rings. The molecule has 2 amide bonds. The van der Waals surface area contributed by atoms with E-state index in [1.807, 2.05) is 13.8 Å². The molecule has 10 heteroatoms. The zero-order valence-corrected chi connectivity index (χ0v) is 16.1. The summed E-state index contributed by atoms with van der Waals surface area (Å²) >= 11 is 0. The molecule has 0 saturated carbocycles. The second kappa shape index (κ2) is 9.49. The number of amides is 2. The predicted molar refractivity (Wildman–Crippen MR) is 99.4 cm³/mol. The number of hydrogen-bond donors (Lipinski definition) is 2. The minimum absolute atomic E-state index is 0.0390. The molecule has 0 bridgehead atoms. The van der Waals surface area contributed by atoms with Gasteiger partial charge in [0.15, 0.2) is 11.4 Å². The van der Waals surface area contributed by atoms with E-state index < -0.39 is 17.9 Å². The van der Waals surface area contributed by atoms with Gasteiger partial charge >= 0.3 is 6.01 Å². The normalized spacial score (nSPS) is 11.6. The Labute approximate surface area is 162 Å². The SMILES string of the molecule is COc1cc(OC)nc(Oc2cccnc2C(=O)NC(CC(C)C)C(N)=O)n1. The van der Waals surface area contributed by atoms with Crippen molar-refractivity contribution in [2.75, 3.05) is 14.2 Å². The fourth-order valence-electron chi connectivity index (χ4n) is 2.32. The smallest absolute Gasteiger partial charge is 0.328 e. The highest BCUT2D eigenvalue weighted by Gasteiger charge is 2.23. The van der Waals surface area contributed by atoms with Crippen molar-refractivity contribution in [3.05, 3.63) is 30.1 Å². The summed E-state index contributed by atoms with van der Waals surface area (Å²) in [5, 5.41) is 2.59. The number of pyridine rings is 1. The van der Waals surface area contributed by atoms with E-state index in [2.05, 4.69) is 20.3 Å². The van der Waals surface area contributed by atoms with Crippen LogP contribution in [0.15, 0.2) is 24.4 Å². The summed E-state index contributed by atoms with van der Waals surface area (Å²) in [6.07, 6.45) is 1.83. The van der Waals surface area contributed by atoms with Crippen molar-refractivity contribution in [3.63, 3.8) is 0 Å². The van der Waals surface area contributed by atoms with E-state index in [1.165, 1.54) is 32.5 Å². The molecule has 1 atom stereocenters. The zero-order valence-electron chi connectivity index (χ0n) is 16.1. The van der Waals surface area contributed by atoms with E-state index in [4.69, 9.17) is 19.9 Å². The lowest BCUT2D eigenvalue weighted by Crippen LogP contribution is -2.45. The number of aromatic nitrogens is 3. The Morgan fingerprint density at radius 1 is 1.18 bits per heavy atom. The summed E-state index contributed by atoms with van der Waals surface area (Å²) in [6, 6.07) is 3.68. The van der Waals surface area contributed by atoms with E-state index in [1.54, 1.807) is 6.07 Å². The second-order valence-electron chi connectivity index (χ2n) is 6.25. The number of carbonyl (C=O) groups is 2. The van der Waals surface area contributed by atoms with Crippen LogP contribution in [0.1, 0.15) is 30.8 Å². The van der Waals surface area contributed by atoms with Gasteiger partial charge in [-0.1, -0.05) is 13.8 Å². The molecule has 0 aliphatic heterocycles. The van der Waals surface area contributed by atoms with Crippen molar-refractivity contribution in [3.8, 4) is 23.5 Å². The molecular weight excluding hydrogens is 366 g/mol. The number of carbonyl (C=O) groups excluding carboxylic acids is 2. The molecule has 2 heterocycles. The molecule has 2 rings (SSSR count). The molecule has 0 aromatic carbocycles. The van der Waals surface area contributed by atoms with Gasteiger partial charge in [-0.25, -0.2) is 4.98 Å². The van der Waals surface area contributed by atoms with E-state index in [9.17, 15) is 9.59 Å². The van der Waals surface area contributed by atoms with Crippen LogP contribution in [0.5, 0.6) is 23.5 Å². The molecule has 0 fully saturated rings. The molecule has 28 heavy (non-hydrogen) atoms. The third kappa shape index (κ3) is 5.53. The quantitative estimate of drug-likeness (QED) is 0.654. The Hall–Kier alpha value is -3.43. The van der Waals surface area contributed by atoms with Crippen LogP contribution in [0.4, 0.5) is 0 Å². The van der Waals surface area contributed by atoms with Crippen LogP contribution in [-0.2, 0) is 4.79 Å². The lowest BCUT2D eigenvalue weighted by Gasteiger charge is -2.18. The molecule has 0 saturated heterocycles. The summed E-state index contributed by atoms with van der Waals surface area (Å²) in [6.45, 7) is 3.84. The third-order valence-corrected chi connectivity index (χ3v) is 3.62. The first kappa shape index (κ1) is 20.9. The molecule has 150 valence electrons. The van der Waals surface area contributed by atoms with Gasteiger partial charge in [0.05, 0.1) is 20.3 Å². The van der Waals surface area contributed by atoms with Crippen molar-refractivity contribution in [1.82, 2.24) is 20.3 Å². The van der Waals surface area contributed by atoms with Crippen molar-refractivity contribution >= 4 is 11.8 Å². The van der Waals surface area contributed by atoms with Gasteiger partial charge in [-0.15, -0.1) is 0 Å². The van der Waals surface area contributed by atoms with Crippen LogP contribution in [0.3, 0.4) is 0 Å². The minimum Gasteiger partial charge on any atom is -0.481 e. The van der Waals surface area contributed by atoms with Crippen molar-refractivity contribution in [2.45, 2.75) is 26.3 Å². The van der Waals surface area contributed by atoms with Crippen molar-refractivity contribution < 1.29 is 23.8 Å². The molecule has 0 radical (unpaired) electrons. The Morgan fingerprint density at radius 3 is 2.36 bits per heavy atom. The Bertz CT molecular complexity index is 821. The first-order valence-corrected chi connectivity index (χ1v) is 8.54. The number of ether oxygens (including phenoxy) is 3. The highest BCUT2D eigenvalue weighted by Crippen LogP contribution is 2.25. The average Bonchev–Trinajstić information content (AvgIpc) is 2.67. The maximum Gasteiger partial charge on any atom is 0.328 e. The minimum atomic E-state index is -0.824. The van der Waals surface area contributed by atoms with Crippen LogP contribution >= 0.6 is 0 Å². The molecule has 2 aromatic heterocycles. The first-order chi connectivity index (χ1) is 13.3. The Kier molecular flexibility index (Phi) is 7.08. The summed E-state index contributed by atoms with van der Waals surface area (Å²) in [4.78, 5) is 36.4. The van der Waals surface area contributed by atoms with Crippen LogP contribution in [0.2, 0.25) is 0 Å². The van der Waals surface area contributed by atoms with Gasteiger partial charge in [0.2, 0.25) is 17.7 Å². The van der Waals surface area contributed by atoms with Crippen LogP contribution in [0.25, 0.3) is 0 Å². The van der Waals surface area contributed by atoms with E-state index >= 15 is 0 Å². The predicted octanol–water partition coefficient (Wildman–Crippen LogP) is 1.31. The average molecular weight is 389 g/mol. The van der Waals surface area contributed by atoms with E-state index in [-0.39, 0.29) is 35.1 Å². The van der Waals surface area contributed by atoms with Gasteiger partial charge in [0.25, 0.3) is 5.91 Å². The zero-order chi connectivity index (χ0) is 20.7. The topological polar surface area (TPSA) is 139 Å². The van der Waals surface area contributed by atoms with Gasteiger partial charge in [-0.2, -0.15) is 9.97 Å². The molecule has 1 unspecified atom stereocenters. The Balaban J connectivity index is 2.27. The maximum absolute atomic E-state index is 12.6. The first-order valence-electron chi connectivity index (χ1n) is 8.54. The van der Waals surface area contributed by atoms with E-state index in [0.717, 1.165) is 0 Å². The van der Waals surface area contributed by atoms with Crippen LogP contribution in [0, 0.1) is 5.92 Å². The monoisotopic (exact) mass is 389 g/mol. The van der Waals surface area contributed by atoms with E-state index in [0.29, 0.717) is 6.42 Å².